The van der Waals surface area contributed by atoms with E-state index in [1.54, 1.807) is 24.3 Å². The van der Waals surface area contributed by atoms with Crippen molar-refractivity contribution in [1.29, 1.82) is 0 Å². The highest BCUT2D eigenvalue weighted by atomic mass is 35.5. The fraction of sp³-hybridized carbons (Fsp3) is 0.0667. The molecule has 0 aliphatic carbocycles. The normalized spacial score (nSPS) is 12.4. The molecule has 2 aromatic carbocycles. The zero-order chi connectivity index (χ0) is 17.8. The molecule has 0 atom stereocenters. The van der Waals surface area contributed by atoms with Gasteiger partial charge in [0, 0.05) is 10.7 Å². The molecule has 0 fully saturated rings. The lowest BCUT2D eigenvalue weighted by Gasteiger charge is -2.06. The molecule has 0 radical (unpaired) electrons. The summed E-state index contributed by atoms with van der Waals surface area (Å²) in [6.45, 7) is 0. The number of hydrogen-bond donors (Lipinski definition) is 2. The number of rotatable bonds is 6. The average molecular weight is 387 g/mol. The second-order valence-corrected chi connectivity index (χ2v) is 8.62. The maximum absolute atomic E-state index is 12.0. The summed E-state index contributed by atoms with van der Waals surface area (Å²) in [6, 6.07) is 12.1. The fourth-order valence-electron chi connectivity index (χ4n) is 1.76. The van der Waals surface area contributed by atoms with E-state index >= 15 is 0 Å². The Morgan fingerprint density at radius 1 is 0.917 bits per heavy atom. The molecule has 9 heteroatoms. The predicted molar refractivity (Wildman–Crippen MR) is 95.7 cm³/mol. The maximum atomic E-state index is 12.0. The molecule has 0 bridgehead atoms. The smallest absolute Gasteiger partial charge is 0.255 e. The lowest BCUT2D eigenvalue weighted by molar-refractivity contribution is 0.588. The van der Waals surface area contributed by atoms with Gasteiger partial charge in [-0.15, -0.1) is 0 Å². The molecule has 0 amide bonds. The molecule has 0 spiro atoms. The van der Waals surface area contributed by atoms with Gasteiger partial charge in [-0.25, -0.2) is 21.6 Å². The number of hydrogen-bond acceptors (Lipinski definition) is 4. The molecule has 128 valence electrons. The fourth-order valence-corrected chi connectivity index (χ4v) is 3.49. The average Bonchev–Trinajstić information content (AvgIpc) is 2.54. The van der Waals surface area contributed by atoms with E-state index in [0.29, 0.717) is 10.6 Å². The Morgan fingerprint density at radius 3 is 2.04 bits per heavy atom. The van der Waals surface area contributed by atoms with Crippen molar-refractivity contribution in [3.8, 4) is 0 Å². The second-order valence-electron chi connectivity index (χ2n) is 4.73. The van der Waals surface area contributed by atoms with Gasteiger partial charge in [-0.05, 0) is 55.1 Å². The molecule has 2 aromatic rings. The monoisotopic (exact) mass is 386 g/mol. The number of benzene rings is 2. The van der Waals surface area contributed by atoms with Gasteiger partial charge in [0.15, 0.2) is 0 Å². The number of halogens is 1. The predicted octanol–water partition coefficient (Wildman–Crippen LogP) is 2.66. The van der Waals surface area contributed by atoms with Crippen molar-refractivity contribution in [3.63, 3.8) is 0 Å². The van der Waals surface area contributed by atoms with Gasteiger partial charge in [-0.2, -0.15) is 0 Å². The Kier molecular flexibility index (Phi) is 5.66. The van der Waals surface area contributed by atoms with Gasteiger partial charge < -0.3 is 0 Å². The molecular formula is C15H15ClN2O4S2. The van der Waals surface area contributed by atoms with Crippen molar-refractivity contribution in [1.82, 2.24) is 4.72 Å². The standard InChI is InChI=1S/C15H15ClN2O4S2/c1-17-24(21,22)15-8-6-14(7-9-15)18-23(19,20)11-10-12-2-4-13(16)5-3-12/h2-11,17-18H,1H3/b11-10+. The molecule has 0 aliphatic heterocycles. The highest BCUT2D eigenvalue weighted by Crippen LogP contribution is 2.16. The van der Waals surface area contributed by atoms with Crippen LogP contribution in [0, 0.1) is 0 Å². The van der Waals surface area contributed by atoms with Crippen LogP contribution in [0.25, 0.3) is 6.08 Å². The Labute approximate surface area is 146 Å². The first-order chi connectivity index (χ1) is 11.2. The number of anilines is 1. The molecule has 6 nitrogen and oxygen atoms in total. The van der Waals surface area contributed by atoms with E-state index < -0.39 is 20.0 Å². The van der Waals surface area contributed by atoms with Crippen LogP contribution in [0.1, 0.15) is 5.56 Å². The minimum Gasteiger partial charge on any atom is -0.280 e. The molecule has 2 N–H and O–H groups in total. The summed E-state index contributed by atoms with van der Waals surface area (Å²) in [5.41, 5.74) is 0.936. The van der Waals surface area contributed by atoms with Crippen molar-refractivity contribution in [3.05, 3.63) is 64.5 Å². The lowest BCUT2D eigenvalue weighted by Crippen LogP contribution is -2.18. The van der Waals surface area contributed by atoms with E-state index in [2.05, 4.69) is 9.44 Å². The Bertz CT molecular complexity index is 936. The molecule has 0 heterocycles. The molecule has 24 heavy (non-hydrogen) atoms. The summed E-state index contributed by atoms with van der Waals surface area (Å²) in [5.74, 6) is 0. The van der Waals surface area contributed by atoms with Gasteiger partial charge in [-0.3, -0.25) is 4.72 Å². The largest absolute Gasteiger partial charge is 0.280 e. The van der Waals surface area contributed by atoms with E-state index in [-0.39, 0.29) is 10.6 Å². The summed E-state index contributed by atoms with van der Waals surface area (Å²) in [5, 5.41) is 1.58. The van der Waals surface area contributed by atoms with E-state index in [4.69, 9.17) is 11.6 Å². The van der Waals surface area contributed by atoms with Crippen molar-refractivity contribution in [2.24, 2.45) is 0 Å². The Morgan fingerprint density at radius 2 is 1.50 bits per heavy atom. The zero-order valence-electron chi connectivity index (χ0n) is 12.6. The van der Waals surface area contributed by atoms with Crippen LogP contribution >= 0.6 is 11.6 Å². The summed E-state index contributed by atoms with van der Waals surface area (Å²) >= 11 is 5.76. The van der Waals surface area contributed by atoms with Gasteiger partial charge in [-0.1, -0.05) is 23.7 Å². The van der Waals surface area contributed by atoms with Crippen molar-refractivity contribution < 1.29 is 16.8 Å². The molecule has 0 aromatic heterocycles. The topological polar surface area (TPSA) is 92.3 Å². The summed E-state index contributed by atoms with van der Waals surface area (Å²) < 4.78 is 51.8. The first kappa shape index (κ1) is 18.5. The van der Waals surface area contributed by atoms with Crippen LogP contribution in [0.3, 0.4) is 0 Å². The first-order valence-corrected chi connectivity index (χ1v) is 10.1. The molecule has 0 saturated carbocycles. The quantitative estimate of drug-likeness (QED) is 0.798. The second kappa shape index (κ2) is 7.35. The maximum Gasteiger partial charge on any atom is 0.255 e. The SMILES string of the molecule is CNS(=O)(=O)c1ccc(NS(=O)(=O)/C=C/c2ccc(Cl)cc2)cc1. The van der Waals surface area contributed by atoms with Crippen molar-refractivity contribution in [2.45, 2.75) is 4.90 Å². The van der Waals surface area contributed by atoms with Crippen LogP contribution in [0.5, 0.6) is 0 Å². The van der Waals surface area contributed by atoms with Gasteiger partial charge in [0.05, 0.1) is 10.3 Å². The van der Waals surface area contributed by atoms with E-state index in [1.807, 2.05) is 0 Å². The van der Waals surface area contributed by atoms with Crippen LogP contribution in [0.4, 0.5) is 5.69 Å². The zero-order valence-corrected chi connectivity index (χ0v) is 15.0. The first-order valence-electron chi connectivity index (χ1n) is 6.72. The Hall–Kier alpha value is -1.87. The van der Waals surface area contributed by atoms with E-state index in [0.717, 1.165) is 5.41 Å². The highest BCUT2D eigenvalue weighted by molar-refractivity contribution is 7.95. The third kappa shape index (κ3) is 5.07. The molecule has 0 aliphatic rings. The minimum atomic E-state index is -3.73. The van der Waals surface area contributed by atoms with Crippen LogP contribution < -0.4 is 9.44 Å². The van der Waals surface area contributed by atoms with Gasteiger partial charge >= 0.3 is 0 Å². The third-order valence-corrected chi connectivity index (χ3v) is 5.70. The Balaban J connectivity index is 2.13. The number of nitrogens with one attached hydrogen (secondary N) is 2. The van der Waals surface area contributed by atoms with Gasteiger partial charge in [0.25, 0.3) is 10.0 Å². The molecule has 0 unspecified atom stereocenters. The van der Waals surface area contributed by atoms with E-state index in [1.165, 1.54) is 37.4 Å². The van der Waals surface area contributed by atoms with Gasteiger partial charge in [0.2, 0.25) is 10.0 Å². The van der Waals surface area contributed by atoms with Crippen molar-refractivity contribution >= 4 is 43.4 Å². The van der Waals surface area contributed by atoms with Crippen LogP contribution in [-0.4, -0.2) is 23.9 Å². The van der Waals surface area contributed by atoms with Crippen LogP contribution in [-0.2, 0) is 20.0 Å². The van der Waals surface area contributed by atoms with Crippen LogP contribution in [0.15, 0.2) is 58.8 Å². The lowest BCUT2D eigenvalue weighted by atomic mass is 10.2. The summed E-state index contributed by atoms with van der Waals surface area (Å²) in [4.78, 5) is 0.0460. The van der Waals surface area contributed by atoms with Crippen molar-refractivity contribution in [2.75, 3.05) is 11.8 Å². The van der Waals surface area contributed by atoms with E-state index in [9.17, 15) is 16.8 Å². The number of sulfonamides is 2. The highest BCUT2D eigenvalue weighted by Gasteiger charge is 2.11. The third-order valence-electron chi connectivity index (χ3n) is 3.00. The van der Waals surface area contributed by atoms with Gasteiger partial charge in [0.1, 0.15) is 0 Å². The molecular weight excluding hydrogens is 372 g/mol. The summed E-state index contributed by atoms with van der Waals surface area (Å²) in [6.07, 6.45) is 1.43. The minimum absolute atomic E-state index is 0.0460. The molecule has 2 rings (SSSR count). The summed E-state index contributed by atoms with van der Waals surface area (Å²) in [7, 11) is -5.99. The van der Waals surface area contributed by atoms with Crippen LogP contribution in [0.2, 0.25) is 5.02 Å². The molecule has 0 saturated heterocycles.